The average molecular weight is 290 g/mol. The van der Waals surface area contributed by atoms with Gasteiger partial charge in [-0.1, -0.05) is 6.07 Å². The van der Waals surface area contributed by atoms with E-state index in [9.17, 15) is 9.90 Å². The van der Waals surface area contributed by atoms with Gasteiger partial charge < -0.3 is 14.6 Å². The Balaban J connectivity index is 2.24. The molecule has 6 heteroatoms. The highest BCUT2D eigenvalue weighted by molar-refractivity contribution is 5.43. The first-order valence-electron chi connectivity index (χ1n) is 6.49. The molecule has 0 aliphatic heterocycles. The third-order valence-corrected chi connectivity index (χ3v) is 3.14. The highest BCUT2D eigenvalue weighted by Gasteiger charge is 2.13. The van der Waals surface area contributed by atoms with Crippen molar-refractivity contribution < 1.29 is 14.6 Å². The Hall–Kier alpha value is -2.34. The molecular formula is C15H18N2O4. The van der Waals surface area contributed by atoms with Crippen LogP contribution in [0.5, 0.6) is 11.5 Å². The second-order valence-corrected chi connectivity index (χ2v) is 4.68. The summed E-state index contributed by atoms with van der Waals surface area (Å²) in [4.78, 5) is 11.8. The molecule has 1 aromatic heterocycles. The minimum Gasteiger partial charge on any atom is -0.493 e. The Labute approximate surface area is 122 Å². The van der Waals surface area contributed by atoms with Gasteiger partial charge in [0.1, 0.15) is 0 Å². The Morgan fingerprint density at radius 2 is 1.95 bits per heavy atom. The summed E-state index contributed by atoms with van der Waals surface area (Å²) < 4.78 is 11.6. The van der Waals surface area contributed by atoms with E-state index in [4.69, 9.17) is 9.47 Å². The van der Waals surface area contributed by atoms with E-state index in [-0.39, 0.29) is 12.1 Å². The zero-order chi connectivity index (χ0) is 15.4. The maximum atomic E-state index is 11.8. The maximum Gasteiger partial charge on any atom is 0.267 e. The van der Waals surface area contributed by atoms with Crippen LogP contribution in [0.2, 0.25) is 0 Å². The molecule has 0 fully saturated rings. The minimum absolute atomic E-state index is 0.0780. The Bertz CT molecular complexity index is 682. The lowest BCUT2D eigenvalue weighted by atomic mass is 10.1. The number of rotatable bonds is 5. The predicted octanol–water partition coefficient (Wildman–Crippen LogP) is 1.30. The molecule has 2 rings (SSSR count). The van der Waals surface area contributed by atoms with Crippen LogP contribution < -0.4 is 15.0 Å². The monoisotopic (exact) mass is 290 g/mol. The summed E-state index contributed by atoms with van der Waals surface area (Å²) in [6.07, 6.45) is 0.723. The summed E-state index contributed by atoms with van der Waals surface area (Å²) >= 11 is 0. The Kier molecular flexibility index (Phi) is 4.59. The standard InChI is InChI=1S/C15H18N2O4/c1-10-6-15(19)17(16-8-10)9-12(18)11-4-5-13(20-2)14(7-11)21-3/h4-8,12,18H,9H2,1-3H3. The van der Waals surface area contributed by atoms with Crippen molar-refractivity contribution in [3.05, 3.63) is 51.9 Å². The van der Waals surface area contributed by atoms with Crippen molar-refractivity contribution in [2.75, 3.05) is 14.2 Å². The van der Waals surface area contributed by atoms with Gasteiger partial charge >= 0.3 is 0 Å². The largest absolute Gasteiger partial charge is 0.493 e. The van der Waals surface area contributed by atoms with E-state index >= 15 is 0 Å². The molecule has 21 heavy (non-hydrogen) atoms. The van der Waals surface area contributed by atoms with Crippen molar-refractivity contribution >= 4 is 0 Å². The number of aliphatic hydroxyl groups is 1. The molecule has 0 spiro atoms. The fraction of sp³-hybridized carbons (Fsp3) is 0.333. The van der Waals surface area contributed by atoms with Gasteiger partial charge in [-0.2, -0.15) is 5.10 Å². The van der Waals surface area contributed by atoms with Crippen LogP contribution in [0.25, 0.3) is 0 Å². The van der Waals surface area contributed by atoms with Gasteiger partial charge in [0.2, 0.25) is 0 Å². The molecule has 0 aliphatic rings. The first-order valence-corrected chi connectivity index (χ1v) is 6.49. The SMILES string of the molecule is COc1ccc(C(O)Cn2ncc(C)cc2=O)cc1OC. The molecule has 0 saturated carbocycles. The molecule has 0 radical (unpaired) electrons. The number of ether oxygens (including phenoxy) is 2. The molecule has 1 aromatic carbocycles. The Morgan fingerprint density at radius 1 is 1.24 bits per heavy atom. The van der Waals surface area contributed by atoms with Crippen LogP contribution in [-0.2, 0) is 6.54 Å². The van der Waals surface area contributed by atoms with Gasteiger partial charge in [-0.3, -0.25) is 4.79 Å². The number of aliphatic hydroxyl groups excluding tert-OH is 1. The van der Waals surface area contributed by atoms with Crippen molar-refractivity contribution in [3.8, 4) is 11.5 Å². The van der Waals surface area contributed by atoms with Gasteiger partial charge in [-0.25, -0.2) is 4.68 Å². The number of benzene rings is 1. The van der Waals surface area contributed by atoms with E-state index in [0.717, 1.165) is 5.56 Å². The van der Waals surface area contributed by atoms with E-state index in [2.05, 4.69) is 5.10 Å². The topological polar surface area (TPSA) is 73.6 Å². The molecule has 1 heterocycles. The third-order valence-electron chi connectivity index (χ3n) is 3.14. The number of hydrogen-bond donors (Lipinski definition) is 1. The molecule has 6 nitrogen and oxygen atoms in total. The predicted molar refractivity (Wildman–Crippen MR) is 77.7 cm³/mol. The lowest BCUT2D eigenvalue weighted by molar-refractivity contribution is 0.148. The molecule has 1 unspecified atom stereocenters. The smallest absolute Gasteiger partial charge is 0.267 e. The van der Waals surface area contributed by atoms with Crippen molar-refractivity contribution in [3.63, 3.8) is 0 Å². The molecular weight excluding hydrogens is 272 g/mol. The van der Waals surface area contributed by atoms with E-state index in [1.807, 2.05) is 0 Å². The molecule has 0 amide bonds. The van der Waals surface area contributed by atoms with Crippen LogP contribution in [0.4, 0.5) is 0 Å². The highest BCUT2D eigenvalue weighted by atomic mass is 16.5. The number of aromatic nitrogens is 2. The molecule has 0 aliphatic carbocycles. The highest BCUT2D eigenvalue weighted by Crippen LogP contribution is 2.30. The first kappa shape index (κ1) is 15.1. The van der Waals surface area contributed by atoms with Crippen LogP contribution >= 0.6 is 0 Å². The second-order valence-electron chi connectivity index (χ2n) is 4.68. The van der Waals surface area contributed by atoms with E-state index in [0.29, 0.717) is 17.1 Å². The third kappa shape index (κ3) is 3.41. The fourth-order valence-corrected chi connectivity index (χ4v) is 1.99. The van der Waals surface area contributed by atoms with Gasteiger partial charge in [0.05, 0.1) is 33.1 Å². The average Bonchev–Trinajstić information content (AvgIpc) is 2.49. The van der Waals surface area contributed by atoms with E-state index < -0.39 is 6.10 Å². The summed E-state index contributed by atoms with van der Waals surface area (Å²) in [6.45, 7) is 1.87. The summed E-state index contributed by atoms with van der Waals surface area (Å²) in [5.74, 6) is 1.11. The van der Waals surface area contributed by atoms with Crippen molar-refractivity contribution in [1.82, 2.24) is 9.78 Å². The van der Waals surface area contributed by atoms with Crippen LogP contribution in [0, 0.1) is 6.92 Å². The summed E-state index contributed by atoms with van der Waals surface area (Å²) in [5.41, 5.74) is 1.17. The van der Waals surface area contributed by atoms with Crippen LogP contribution in [0.3, 0.4) is 0 Å². The molecule has 1 atom stereocenters. The van der Waals surface area contributed by atoms with Crippen molar-refractivity contribution in [1.29, 1.82) is 0 Å². The summed E-state index contributed by atoms with van der Waals surface area (Å²) in [6, 6.07) is 6.60. The summed E-state index contributed by atoms with van der Waals surface area (Å²) in [5, 5.41) is 14.3. The van der Waals surface area contributed by atoms with Crippen LogP contribution in [0.15, 0.2) is 35.3 Å². The zero-order valence-corrected chi connectivity index (χ0v) is 12.2. The van der Waals surface area contributed by atoms with Gasteiger partial charge in [0.15, 0.2) is 11.5 Å². The van der Waals surface area contributed by atoms with E-state index in [1.54, 1.807) is 38.4 Å². The normalized spacial score (nSPS) is 12.0. The first-order chi connectivity index (χ1) is 10.0. The molecule has 112 valence electrons. The Morgan fingerprint density at radius 3 is 2.57 bits per heavy atom. The van der Waals surface area contributed by atoms with Crippen molar-refractivity contribution in [2.45, 2.75) is 19.6 Å². The number of hydrogen-bond acceptors (Lipinski definition) is 5. The maximum absolute atomic E-state index is 11.8. The minimum atomic E-state index is -0.863. The lowest BCUT2D eigenvalue weighted by Gasteiger charge is -2.14. The van der Waals surface area contributed by atoms with Gasteiger partial charge in [0.25, 0.3) is 5.56 Å². The molecule has 0 saturated heterocycles. The molecule has 2 aromatic rings. The zero-order valence-electron chi connectivity index (χ0n) is 12.2. The van der Waals surface area contributed by atoms with Gasteiger partial charge in [-0.05, 0) is 30.2 Å². The van der Waals surface area contributed by atoms with Crippen LogP contribution in [0.1, 0.15) is 17.2 Å². The van der Waals surface area contributed by atoms with Gasteiger partial charge in [-0.15, -0.1) is 0 Å². The lowest BCUT2D eigenvalue weighted by Crippen LogP contribution is -2.25. The number of aryl methyl sites for hydroxylation is 1. The number of methoxy groups -OCH3 is 2. The van der Waals surface area contributed by atoms with Gasteiger partial charge in [0, 0.05) is 6.07 Å². The fourth-order valence-electron chi connectivity index (χ4n) is 1.99. The van der Waals surface area contributed by atoms with E-state index in [1.165, 1.54) is 17.9 Å². The second kappa shape index (κ2) is 6.41. The molecule has 0 bridgehead atoms. The quantitative estimate of drug-likeness (QED) is 0.898. The molecule has 1 N–H and O–H groups in total. The van der Waals surface area contributed by atoms with Crippen molar-refractivity contribution in [2.24, 2.45) is 0 Å². The number of nitrogens with zero attached hydrogens (tertiary/aromatic N) is 2. The summed E-state index contributed by atoms with van der Waals surface area (Å²) in [7, 11) is 3.07. The van der Waals surface area contributed by atoms with Crippen LogP contribution in [-0.4, -0.2) is 29.1 Å².